The number of benzene rings is 1. The molecule has 3 rings (SSSR count). The number of hydrogen-bond donors (Lipinski definition) is 1. The second-order valence-electron chi connectivity index (χ2n) is 6.69. The molecule has 0 saturated carbocycles. The molecule has 2 fully saturated rings. The van der Waals surface area contributed by atoms with Crippen molar-refractivity contribution in [3.8, 4) is 0 Å². The van der Waals surface area contributed by atoms with Crippen LogP contribution in [-0.4, -0.2) is 65.5 Å². The Morgan fingerprint density at radius 3 is 2.52 bits per heavy atom. The van der Waals surface area contributed by atoms with Gasteiger partial charge in [-0.3, -0.25) is 14.9 Å². The van der Waals surface area contributed by atoms with E-state index in [0.29, 0.717) is 19.6 Å². The maximum atomic E-state index is 12.8. The number of carbonyl (C=O) groups excluding carboxylic acids is 2. The van der Waals surface area contributed by atoms with Crippen LogP contribution < -0.4 is 5.32 Å². The molecule has 25 heavy (non-hydrogen) atoms. The van der Waals surface area contributed by atoms with E-state index in [4.69, 9.17) is 0 Å². The molecule has 6 heteroatoms. The summed E-state index contributed by atoms with van der Waals surface area (Å²) in [6.45, 7) is 4.85. The highest BCUT2D eigenvalue weighted by Crippen LogP contribution is 2.15. The molecule has 1 unspecified atom stereocenters. The van der Waals surface area contributed by atoms with Crippen molar-refractivity contribution >= 4 is 23.6 Å². The predicted octanol–water partition coefficient (Wildman–Crippen LogP) is 1.98. The van der Waals surface area contributed by atoms with Crippen molar-refractivity contribution < 1.29 is 9.59 Å². The number of thioether (sulfide) groups is 1. The third-order valence-electron chi connectivity index (χ3n) is 4.85. The van der Waals surface area contributed by atoms with E-state index in [2.05, 4.69) is 12.2 Å². The van der Waals surface area contributed by atoms with Crippen molar-refractivity contribution in [2.45, 2.75) is 32.2 Å². The molecule has 1 aromatic carbocycles. The molecule has 5 nitrogen and oxygen atoms in total. The highest BCUT2D eigenvalue weighted by molar-refractivity contribution is 7.99. The lowest BCUT2D eigenvalue weighted by Crippen LogP contribution is -2.46. The summed E-state index contributed by atoms with van der Waals surface area (Å²) in [6.07, 6.45) is 2.99. The molecule has 2 aliphatic rings. The van der Waals surface area contributed by atoms with Crippen molar-refractivity contribution in [3.63, 3.8) is 0 Å². The van der Waals surface area contributed by atoms with Crippen LogP contribution in [-0.2, 0) is 11.2 Å². The van der Waals surface area contributed by atoms with Gasteiger partial charge >= 0.3 is 0 Å². The summed E-state index contributed by atoms with van der Waals surface area (Å²) in [5, 5.41) is 3.24. The summed E-state index contributed by atoms with van der Waals surface area (Å²) in [5.41, 5.74) is 2.02. The van der Waals surface area contributed by atoms with Gasteiger partial charge in [-0.25, -0.2) is 0 Å². The van der Waals surface area contributed by atoms with Crippen molar-refractivity contribution in [1.29, 1.82) is 0 Å². The monoisotopic (exact) mass is 361 g/mol. The van der Waals surface area contributed by atoms with Gasteiger partial charge in [0.25, 0.3) is 5.91 Å². The predicted molar refractivity (Wildman–Crippen MR) is 102 cm³/mol. The van der Waals surface area contributed by atoms with Crippen molar-refractivity contribution in [2.75, 3.05) is 37.8 Å². The summed E-state index contributed by atoms with van der Waals surface area (Å²) >= 11 is 1.76. The number of hydrogen-bond acceptors (Lipinski definition) is 4. The minimum Gasteiger partial charge on any atom is -0.339 e. The summed E-state index contributed by atoms with van der Waals surface area (Å²) in [6, 6.07) is 7.90. The number of nitrogens with zero attached hydrogens (tertiary/aromatic N) is 2. The highest BCUT2D eigenvalue weighted by atomic mass is 32.2. The summed E-state index contributed by atoms with van der Waals surface area (Å²) in [7, 11) is 0. The first kappa shape index (κ1) is 18.3. The Bertz CT molecular complexity index is 599. The molecule has 2 amide bonds. The molecule has 1 atom stereocenters. The molecule has 0 aliphatic carbocycles. The first-order chi connectivity index (χ1) is 12.2. The van der Waals surface area contributed by atoms with Gasteiger partial charge in [-0.15, -0.1) is 11.8 Å². The highest BCUT2D eigenvalue weighted by Gasteiger charge is 2.29. The van der Waals surface area contributed by atoms with Crippen molar-refractivity contribution in [1.82, 2.24) is 15.1 Å². The molecular formula is C19H27N3O2S. The van der Waals surface area contributed by atoms with Gasteiger partial charge in [0.1, 0.15) is 0 Å². The zero-order valence-corrected chi connectivity index (χ0v) is 15.7. The second kappa shape index (κ2) is 8.72. The maximum absolute atomic E-state index is 12.8. The lowest BCUT2D eigenvalue weighted by molar-refractivity contribution is -0.132. The maximum Gasteiger partial charge on any atom is 0.253 e. The van der Waals surface area contributed by atoms with Crippen LogP contribution in [0.3, 0.4) is 0 Å². The second-order valence-corrected chi connectivity index (χ2v) is 7.72. The number of rotatable bonds is 4. The van der Waals surface area contributed by atoms with Crippen LogP contribution in [0, 0.1) is 0 Å². The van der Waals surface area contributed by atoms with Crippen LogP contribution in [0.15, 0.2) is 24.3 Å². The van der Waals surface area contributed by atoms with Crippen LogP contribution >= 0.6 is 11.8 Å². The third kappa shape index (κ3) is 4.55. The summed E-state index contributed by atoms with van der Waals surface area (Å²) < 4.78 is 0. The molecule has 1 N–H and O–H groups in total. The van der Waals surface area contributed by atoms with Crippen LogP contribution in [0.2, 0.25) is 0 Å². The molecule has 2 heterocycles. The smallest absolute Gasteiger partial charge is 0.253 e. The SMILES string of the molecule is CCCc1ccc(C(=O)N2CCCN(C(=O)C3CSCN3)CC2)cc1. The van der Waals surface area contributed by atoms with E-state index in [0.717, 1.165) is 43.0 Å². The van der Waals surface area contributed by atoms with E-state index in [1.165, 1.54) is 5.56 Å². The van der Waals surface area contributed by atoms with Crippen LogP contribution in [0.4, 0.5) is 0 Å². The number of nitrogens with one attached hydrogen (secondary N) is 1. The zero-order chi connectivity index (χ0) is 17.6. The first-order valence-electron chi connectivity index (χ1n) is 9.17. The van der Waals surface area contributed by atoms with Gasteiger partial charge in [0, 0.05) is 43.4 Å². The average Bonchev–Trinajstić information content (AvgIpc) is 3.06. The summed E-state index contributed by atoms with van der Waals surface area (Å²) in [5.74, 6) is 1.96. The van der Waals surface area contributed by atoms with E-state index >= 15 is 0 Å². The van der Waals surface area contributed by atoms with E-state index < -0.39 is 0 Å². The van der Waals surface area contributed by atoms with E-state index in [1.807, 2.05) is 34.1 Å². The molecule has 0 bridgehead atoms. The van der Waals surface area contributed by atoms with Crippen LogP contribution in [0.25, 0.3) is 0 Å². The Hall–Kier alpha value is -1.53. The lowest BCUT2D eigenvalue weighted by atomic mass is 10.1. The van der Waals surface area contributed by atoms with Gasteiger partial charge in [-0.1, -0.05) is 25.5 Å². The number of carbonyl (C=O) groups is 2. The molecule has 0 aromatic heterocycles. The molecule has 1 aromatic rings. The molecule has 0 radical (unpaired) electrons. The molecule has 0 spiro atoms. The largest absolute Gasteiger partial charge is 0.339 e. The fourth-order valence-electron chi connectivity index (χ4n) is 3.40. The van der Waals surface area contributed by atoms with Crippen molar-refractivity contribution in [2.24, 2.45) is 0 Å². The Morgan fingerprint density at radius 2 is 1.84 bits per heavy atom. The minimum atomic E-state index is -0.0571. The van der Waals surface area contributed by atoms with Gasteiger partial charge < -0.3 is 9.80 Å². The molecule has 136 valence electrons. The Balaban J connectivity index is 1.58. The number of amides is 2. The van der Waals surface area contributed by atoms with Gasteiger partial charge in [0.05, 0.1) is 6.04 Å². The fraction of sp³-hybridized carbons (Fsp3) is 0.579. The van der Waals surface area contributed by atoms with E-state index in [9.17, 15) is 9.59 Å². The Morgan fingerprint density at radius 1 is 1.12 bits per heavy atom. The lowest BCUT2D eigenvalue weighted by Gasteiger charge is -2.24. The van der Waals surface area contributed by atoms with Gasteiger partial charge in [0.2, 0.25) is 5.91 Å². The quantitative estimate of drug-likeness (QED) is 0.891. The average molecular weight is 362 g/mol. The van der Waals surface area contributed by atoms with Gasteiger partial charge in [-0.2, -0.15) is 0 Å². The zero-order valence-electron chi connectivity index (χ0n) is 14.9. The fourth-order valence-corrected chi connectivity index (χ4v) is 4.33. The van der Waals surface area contributed by atoms with Crippen LogP contribution in [0.5, 0.6) is 0 Å². The third-order valence-corrected chi connectivity index (χ3v) is 5.79. The van der Waals surface area contributed by atoms with Crippen LogP contribution in [0.1, 0.15) is 35.7 Å². The normalized spacial score (nSPS) is 21.2. The molecular weight excluding hydrogens is 334 g/mol. The topological polar surface area (TPSA) is 52.7 Å². The molecule has 2 aliphatic heterocycles. The molecule has 2 saturated heterocycles. The van der Waals surface area contributed by atoms with E-state index in [1.54, 1.807) is 11.8 Å². The minimum absolute atomic E-state index is 0.0571. The first-order valence-corrected chi connectivity index (χ1v) is 10.3. The van der Waals surface area contributed by atoms with Crippen molar-refractivity contribution in [3.05, 3.63) is 35.4 Å². The van der Waals surface area contributed by atoms with Gasteiger partial charge in [-0.05, 0) is 30.5 Å². The summed E-state index contributed by atoms with van der Waals surface area (Å²) in [4.78, 5) is 29.1. The van der Waals surface area contributed by atoms with Gasteiger partial charge in [0.15, 0.2) is 0 Å². The van der Waals surface area contributed by atoms with E-state index in [-0.39, 0.29) is 17.9 Å². The standard InChI is InChI=1S/C19H27N3O2S/c1-2-4-15-5-7-16(8-6-15)18(23)21-9-3-10-22(12-11-21)19(24)17-13-25-14-20-17/h5-8,17,20H,2-4,9-14H2,1H3. The Labute approximate surface area is 154 Å². The Kier molecular flexibility index (Phi) is 6.37. The number of aryl methyl sites for hydroxylation is 1.